The first-order chi connectivity index (χ1) is 11.6. The minimum absolute atomic E-state index is 0.00638. The van der Waals surface area contributed by atoms with Gasteiger partial charge in [-0.3, -0.25) is 4.79 Å². The molecule has 0 aliphatic heterocycles. The topological polar surface area (TPSA) is 47.6 Å². The molecule has 0 fully saturated rings. The van der Waals surface area contributed by atoms with E-state index in [-0.39, 0.29) is 11.9 Å². The van der Waals surface area contributed by atoms with Gasteiger partial charge in [-0.15, -0.1) is 0 Å². The summed E-state index contributed by atoms with van der Waals surface area (Å²) in [4.78, 5) is 12.1. The van der Waals surface area contributed by atoms with Gasteiger partial charge in [-0.05, 0) is 43.7 Å². The summed E-state index contributed by atoms with van der Waals surface area (Å²) in [5, 5.41) is 3.66. The van der Waals surface area contributed by atoms with Crippen LogP contribution in [0.15, 0.2) is 48.5 Å². The third kappa shape index (κ3) is 5.46. The summed E-state index contributed by atoms with van der Waals surface area (Å²) >= 11 is 5.82. The Kier molecular flexibility index (Phi) is 6.94. The number of carbonyl (C=O) groups is 1. The second-order valence-electron chi connectivity index (χ2n) is 5.44. The Labute approximate surface area is 147 Å². The van der Waals surface area contributed by atoms with Crippen LogP contribution in [0, 0.1) is 0 Å². The number of amides is 1. The average Bonchev–Trinajstić information content (AvgIpc) is 2.60. The number of ether oxygens (including phenoxy) is 2. The van der Waals surface area contributed by atoms with Gasteiger partial charge in [-0.25, -0.2) is 0 Å². The molecule has 0 aromatic heterocycles. The summed E-state index contributed by atoms with van der Waals surface area (Å²) in [6.07, 6.45) is 1.06. The lowest BCUT2D eigenvalue weighted by Gasteiger charge is -2.17. The molecule has 0 radical (unpaired) electrons. The van der Waals surface area contributed by atoms with Gasteiger partial charge in [-0.1, -0.05) is 29.8 Å². The van der Waals surface area contributed by atoms with E-state index < -0.39 is 0 Å². The maximum absolute atomic E-state index is 12.1. The molecule has 0 spiro atoms. The van der Waals surface area contributed by atoms with E-state index >= 15 is 0 Å². The van der Waals surface area contributed by atoms with Crippen molar-refractivity contribution in [2.45, 2.75) is 25.8 Å². The van der Waals surface area contributed by atoms with Crippen molar-refractivity contribution in [3.8, 4) is 11.5 Å². The van der Waals surface area contributed by atoms with Crippen LogP contribution in [0.3, 0.4) is 0 Å². The largest absolute Gasteiger partial charge is 0.496 e. The van der Waals surface area contributed by atoms with Crippen molar-refractivity contribution in [3.63, 3.8) is 0 Å². The summed E-state index contributed by atoms with van der Waals surface area (Å²) in [6.45, 7) is 2.43. The number of carbonyl (C=O) groups excluding carboxylic acids is 1. The lowest BCUT2D eigenvalue weighted by molar-refractivity contribution is -0.121. The Hall–Kier alpha value is -2.20. The van der Waals surface area contributed by atoms with E-state index in [0.29, 0.717) is 24.5 Å². The Morgan fingerprint density at radius 3 is 2.58 bits per heavy atom. The van der Waals surface area contributed by atoms with Crippen LogP contribution in [0.4, 0.5) is 0 Å². The quantitative estimate of drug-likeness (QED) is 0.721. The molecule has 2 aromatic rings. The second kappa shape index (κ2) is 9.18. The lowest BCUT2D eigenvalue weighted by Crippen LogP contribution is -2.27. The number of nitrogens with one attached hydrogen (secondary N) is 1. The standard InChI is InChI=1S/C19H22ClNO3/c1-14(17-6-3-4-7-18(17)23-2)21-19(22)8-5-13-24-16-11-9-15(20)10-12-16/h3-4,6-7,9-12,14H,5,8,13H2,1-2H3,(H,21,22)/t14-/m1/s1. The van der Waals surface area contributed by atoms with Gasteiger partial charge in [0.2, 0.25) is 5.91 Å². The molecular formula is C19H22ClNO3. The van der Waals surface area contributed by atoms with Gasteiger partial charge >= 0.3 is 0 Å². The molecule has 1 amide bonds. The van der Waals surface area contributed by atoms with E-state index in [9.17, 15) is 4.79 Å². The van der Waals surface area contributed by atoms with Crippen molar-refractivity contribution in [2.24, 2.45) is 0 Å². The molecule has 0 unspecified atom stereocenters. The third-order valence-electron chi connectivity index (χ3n) is 3.61. The molecule has 2 aromatic carbocycles. The maximum atomic E-state index is 12.1. The Morgan fingerprint density at radius 1 is 1.17 bits per heavy atom. The fraction of sp³-hybridized carbons (Fsp3) is 0.316. The van der Waals surface area contributed by atoms with E-state index in [2.05, 4.69) is 5.32 Å². The first kappa shape index (κ1) is 18.1. The van der Waals surface area contributed by atoms with Crippen LogP contribution in [0.1, 0.15) is 31.4 Å². The number of hydrogen-bond donors (Lipinski definition) is 1. The molecular weight excluding hydrogens is 326 g/mol. The molecule has 0 saturated carbocycles. The molecule has 4 nitrogen and oxygen atoms in total. The molecule has 0 aliphatic carbocycles. The molecule has 0 heterocycles. The Balaban J connectivity index is 1.73. The summed E-state index contributed by atoms with van der Waals surface area (Å²) in [6, 6.07) is 14.7. The molecule has 128 valence electrons. The Bertz CT molecular complexity index is 658. The van der Waals surface area contributed by atoms with Gasteiger partial charge in [0.15, 0.2) is 0 Å². The summed E-state index contributed by atoms with van der Waals surface area (Å²) in [5.74, 6) is 1.52. The molecule has 1 atom stereocenters. The zero-order chi connectivity index (χ0) is 17.4. The zero-order valence-corrected chi connectivity index (χ0v) is 14.7. The van der Waals surface area contributed by atoms with Crippen molar-refractivity contribution >= 4 is 17.5 Å². The van der Waals surface area contributed by atoms with Crippen molar-refractivity contribution in [1.82, 2.24) is 5.32 Å². The molecule has 24 heavy (non-hydrogen) atoms. The lowest BCUT2D eigenvalue weighted by atomic mass is 10.1. The van der Waals surface area contributed by atoms with Crippen LogP contribution < -0.4 is 14.8 Å². The van der Waals surface area contributed by atoms with Crippen molar-refractivity contribution in [3.05, 3.63) is 59.1 Å². The van der Waals surface area contributed by atoms with Gasteiger partial charge in [0, 0.05) is 17.0 Å². The van der Waals surface area contributed by atoms with Crippen molar-refractivity contribution < 1.29 is 14.3 Å². The van der Waals surface area contributed by atoms with Gasteiger partial charge < -0.3 is 14.8 Å². The SMILES string of the molecule is COc1ccccc1[C@@H](C)NC(=O)CCCOc1ccc(Cl)cc1. The predicted molar refractivity (Wildman–Crippen MR) is 95.7 cm³/mol. The van der Waals surface area contributed by atoms with Crippen LogP contribution in [0.5, 0.6) is 11.5 Å². The molecule has 0 bridgehead atoms. The van der Waals surface area contributed by atoms with Crippen LogP contribution >= 0.6 is 11.6 Å². The number of benzene rings is 2. The number of halogens is 1. The minimum Gasteiger partial charge on any atom is -0.496 e. The third-order valence-corrected chi connectivity index (χ3v) is 3.87. The smallest absolute Gasteiger partial charge is 0.220 e. The van der Waals surface area contributed by atoms with Crippen LogP contribution in [-0.2, 0) is 4.79 Å². The number of para-hydroxylation sites is 1. The van der Waals surface area contributed by atoms with E-state index in [1.54, 1.807) is 19.2 Å². The van der Waals surface area contributed by atoms with E-state index in [0.717, 1.165) is 17.1 Å². The normalized spacial score (nSPS) is 11.6. The number of hydrogen-bond acceptors (Lipinski definition) is 3. The molecule has 0 saturated heterocycles. The monoisotopic (exact) mass is 347 g/mol. The van der Waals surface area contributed by atoms with Gasteiger partial charge in [0.1, 0.15) is 11.5 Å². The highest BCUT2D eigenvalue weighted by Crippen LogP contribution is 2.24. The molecule has 0 aliphatic rings. The van der Waals surface area contributed by atoms with Gasteiger partial charge in [0.25, 0.3) is 0 Å². The highest BCUT2D eigenvalue weighted by Gasteiger charge is 2.13. The summed E-state index contributed by atoms with van der Waals surface area (Å²) in [7, 11) is 1.63. The maximum Gasteiger partial charge on any atom is 0.220 e. The molecule has 1 N–H and O–H groups in total. The summed E-state index contributed by atoms with van der Waals surface area (Å²) in [5.41, 5.74) is 0.964. The predicted octanol–water partition coefficient (Wildman–Crippen LogP) is 4.39. The van der Waals surface area contributed by atoms with Crippen molar-refractivity contribution in [2.75, 3.05) is 13.7 Å². The summed E-state index contributed by atoms with van der Waals surface area (Å²) < 4.78 is 10.9. The fourth-order valence-electron chi connectivity index (χ4n) is 2.37. The van der Waals surface area contributed by atoms with E-state index in [1.165, 1.54) is 0 Å². The number of methoxy groups -OCH3 is 1. The fourth-order valence-corrected chi connectivity index (χ4v) is 2.50. The highest BCUT2D eigenvalue weighted by atomic mass is 35.5. The number of rotatable bonds is 8. The first-order valence-corrected chi connectivity index (χ1v) is 8.28. The molecule has 2 rings (SSSR count). The van der Waals surface area contributed by atoms with Gasteiger partial charge in [-0.2, -0.15) is 0 Å². The first-order valence-electron chi connectivity index (χ1n) is 7.91. The minimum atomic E-state index is -0.106. The van der Waals surface area contributed by atoms with E-state index in [4.69, 9.17) is 21.1 Å². The average molecular weight is 348 g/mol. The van der Waals surface area contributed by atoms with Crippen LogP contribution in [0.2, 0.25) is 5.02 Å². The molecule has 5 heteroatoms. The Morgan fingerprint density at radius 2 is 1.88 bits per heavy atom. The zero-order valence-electron chi connectivity index (χ0n) is 13.9. The van der Waals surface area contributed by atoms with Crippen LogP contribution in [-0.4, -0.2) is 19.6 Å². The van der Waals surface area contributed by atoms with Gasteiger partial charge in [0.05, 0.1) is 19.8 Å². The van der Waals surface area contributed by atoms with Crippen LogP contribution in [0.25, 0.3) is 0 Å². The van der Waals surface area contributed by atoms with E-state index in [1.807, 2.05) is 43.3 Å². The second-order valence-corrected chi connectivity index (χ2v) is 5.87. The van der Waals surface area contributed by atoms with Crippen molar-refractivity contribution in [1.29, 1.82) is 0 Å². The highest BCUT2D eigenvalue weighted by molar-refractivity contribution is 6.30.